The highest BCUT2D eigenvalue weighted by atomic mass is 15.1. The largest absolute Gasteiger partial charge is 0.319 e. The summed E-state index contributed by atoms with van der Waals surface area (Å²) in [5.74, 6) is 2.38. The third-order valence-electron chi connectivity index (χ3n) is 3.74. The smallest absolute Gasteiger partial charge is 0.00192 e. The van der Waals surface area contributed by atoms with Crippen molar-refractivity contribution in [1.29, 1.82) is 0 Å². The Balaban J connectivity index is 2.12. The molecular weight excluding hydrogens is 198 g/mol. The van der Waals surface area contributed by atoms with E-state index in [1.807, 2.05) is 7.05 Å². The van der Waals surface area contributed by atoms with Gasteiger partial charge in [-0.2, -0.15) is 0 Å². The Bertz CT molecular complexity index is 182. The van der Waals surface area contributed by atoms with Gasteiger partial charge in [0.1, 0.15) is 0 Å². The molecule has 1 fully saturated rings. The molecule has 0 aromatic heterocycles. The van der Waals surface area contributed by atoms with Gasteiger partial charge in [0, 0.05) is 6.54 Å². The Morgan fingerprint density at radius 2 is 2.06 bits per heavy atom. The molecule has 1 saturated heterocycles. The van der Waals surface area contributed by atoms with Gasteiger partial charge in [0.2, 0.25) is 0 Å². The first kappa shape index (κ1) is 13.9. The zero-order valence-electron chi connectivity index (χ0n) is 11.4. The molecule has 0 radical (unpaired) electrons. The highest BCUT2D eigenvalue weighted by Crippen LogP contribution is 2.13. The van der Waals surface area contributed by atoms with Crippen LogP contribution < -0.4 is 10.6 Å². The second-order valence-corrected chi connectivity index (χ2v) is 5.64. The standard InChI is InChI=1S/C13H29N3/c1-11(2)13(8-14-3)9-15-7-12-5-6-16(4)10-12/h11-15H,5-10H2,1-4H3. The van der Waals surface area contributed by atoms with E-state index < -0.39 is 0 Å². The van der Waals surface area contributed by atoms with Gasteiger partial charge in [-0.15, -0.1) is 0 Å². The van der Waals surface area contributed by atoms with Gasteiger partial charge in [0.25, 0.3) is 0 Å². The molecular formula is C13H29N3. The van der Waals surface area contributed by atoms with E-state index in [-0.39, 0.29) is 0 Å². The number of likely N-dealkylation sites (tertiary alicyclic amines) is 1. The zero-order chi connectivity index (χ0) is 12.0. The predicted octanol–water partition coefficient (Wildman–Crippen LogP) is 1.02. The van der Waals surface area contributed by atoms with Crippen LogP contribution in [0.5, 0.6) is 0 Å². The SMILES string of the molecule is CNCC(CNCC1CCN(C)C1)C(C)C. The van der Waals surface area contributed by atoms with Crippen LogP contribution in [0.3, 0.4) is 0 Å². The molecule has 1 aliphatic rings. The van der Waals surface area contributed by atoms with Crippen LogP contribution in [0.15, 0.2) is 0 Å². The van der Waals surface area contributed by atoms with Gasteiger partial charge >= 0.3 is 0 Å². The van der Waals surface area contributed by atoms with Crippen molar-refractivity contribution in [3.05, 3.63) is 0 Å². The van der Waals surface area contributed by atoms with Gasteiger partial charge in [0.05, 0.1) is 0 Å². The minimum atomic E-state index is 0.754. The maximum Gasteiger partial charge on any atom is 0.00192 e. The van der Waals surface area contributed by atoms with Crippen LogP contribution in [0.2, 0.25) is 0 Å². The lowest BCUT2D eigenvalue weighted by molar-refractivity contribution is 0.336. The lowest BCUT2D eigenvalue weighted by Crippen LogP contribution is -2.35. The normalized spacial score (nSPS) is 24.2. The summed E-state index contributed by atoms with van der Waals surface area (Å²) < 4.78 is 0. The van der Waals surface area contributed by atoms with Crippen LogP contribution in [0.1, 0.15) is 20.3 Å². The van der Waals surface area contributed by atoms with E-state index in [0.717, 1.165) is 30.8 Å². The van der Waals surface area contributed by atoms with E-state index in [0.29, 0.717) is 0 Å². The molecule has 16 heavy (non-hydrogen) atoms. The minimum absolute atomic E-state index is 0.754. The summed E-state index contributed by atoms with van der Waals surface area (Å²) in [6, 6.07) is 0. The quantitative estimate of drug-likeness (QED) is 0.680. The highest BCUT2D eigenvalue weighted by Gasteiger charge is 2.19. The van der Waals surface area contributed by atoms with Crippen LogP contribution in [-0.4, -0.2) is 51.7 Å². The van der Waals surface area contributed by atoms with Crippen molar-refractivity contribution in [2.75, 3.05) is 46.8 Å². The fraction of sp³-hybridized carbons (Fsp3) is 1.00. The first-order chi connectivity index (χ1) is 7.63. The Labute approximate surface area is 101 Å². The van der Waals surface area contributed by atoms with Gasteiger partial charge in [-0.3, -0.25) is 0 Å². The molecule has 3 heteroatoms. The topological polar surface area (TPSA) is 27.3 Å². The molecule has 0 bridgehead atoms. The molecule has 1 rings (SSSR count). The average molecular weight is 227 g/mol. The number of nitrogens with zero attached hydrogens (tertiary/aromatic N) is 1. The predicted molar refractivity (Wildman–Crippen MR) is 70.7 cm³/mol. The number of nitrogens with one attached hydrogen (secondary N) is 2. The maximum absolute atomic E-state index is 3.65. The second kappa shape index (κ2) is 7.25. The molecule has 2 atom stereocenters. The van der Waals surface area contributed by atoms with Crippen LogP contribution in [-0.2, 0) is 0 Å². The van der Waals surface area contributed by atoms with Crippen molar-refractivity contribution in [2.24, 2.45) is 17.8 Å². The summed E-state index contributed by atoms with van der Waals surface area (Å²) in [6.45, 7) is 10.6. The Morgan fingerprint density at radius 3 is 2.56 bits per heavy atom. The molecule has 1 aliphatic heterocycles. The summed E-state index contributed by atoms with van der Waals surface area (Å²) in [6.07, 6.45) is 1.36. The van der Waals surface area contributed by atoms with E-state index in [1.165, 1.54) is 26.1 Å². The molecule has 2 N–H and O–H groups in total. The van der Waals surface area contributed by atoms with Crippen LogP contribution in [0, 0.1) is 17.8 Å². The minimum Gasteiger partial charge on any atom is -0.319 e. The van der Waals surface area contributed by atoms with Gasteiger partial charge < -0.3 is 15.5 Å². The van der Waals surface area contributed by atoms with Crippen molar-refractivity contribution >= 4 is 0 Å². The zero-order valence-corrected chi connectivity index (χ0v) is 11.4. The van der Waals surface area contributed by atoms with Gasteiger partial charge in [-0.25, -0.2) is 0 Å². The first-order valence-corrected chi connectivity index (χ1v) is 6.67. The highest BCUT2D eigenvalue weighted by molar-refractivity contribution is 4.76. The Morgan fingerprint density at radius 1 is 1.31 bits per heavy atom. The van der Waals surface area contributed by atoms with Gasteiger partial charge in [-0.05, 0) is 64.4 Å². The summed E-state index contributed by atoms with van der Waals surface area (Å²) in [5, 5.41) is 6.93. The maximum atomic E-state index is 3.65. The fourth-order valence-corrected chi connectivity index (χ4v) is 2.47. The van der Waals surface area contributed by atoms with Crippen molar-refractivity contribution in [3.8, 4) is 0 Å². The molecule has 0 amide bonds. The molecule has 2 unspecified atom stereocenters. The molecule has 0 aromatic rings. The van der Waals surface area contributed by atoms with E-state index in [4.69, 9.17) is 0 Å². The fourth-order valence-electron chi connectivity index (χ4n) is 2.47. The van der Waals surface area contributed by atoms with E-state index in [1.54, 1.807) is 0 Å². The summed E-state index contributed by atoms with van der Waals surface area (Å²) in [7, 11) is 4.26. The molecule has 96 valence electrons. The summed E-state index contributed by atoms with van der Waals surface area (Å²) in [5.41, 5.74) is 0. The number of hydrogen-bond acceptors (Lipinski definition) is 3. The van der Waals surface area contributed by atoms with E-state index in [2.05, 4.69) is 36.4 Å². The summed E-state index contributed by atoms with van der Waals surface area (Å²) in [4.78, 5) is 2.43. The lowest BCUT2D eigenvalue weighted by atomic mass is 9.95. The van der Waals surface area contributed by atoms with Crippen LogP contribution in [0.4, 0.5) is 0 Å². The molecule has 0 saturated carbocycles. The Kier molecular flexibility index (Phi) is 6.32. The third kappa shape index (κ3) is 4.81. The van der Waals surface area contributed by atoms with E-state index in [9.17, 15) is 0 Å². The number of rotatable bonds is 7. The molecule has 0 spiro atoms. The van der Waals surface area contributed by atoms with Crippen molar-refractivity contribution in [3.63, 3.8) is 0 Å². The summed E-state index contributed by atoms with van der Waals surface area (Å²) >= 11 is 0. The molecule has 0 aliphatic carbocycles. The van der Waals surface area contributed by atoms with Crippen LogP contribution in [0.25, 0.3) is 0 Å². The van der Waals surface area contributed by atoms with Gasteiger partial charge in [-0.1, -0.05) is 13.8 Å². The third-order valence-corrected chi connectivity index (χ3v) is 3.74. The van der Waals surface area contributed by atoms with Crippen molar-refractivity contribution < 1.29 is 0 Å². The van der Waals surface area contributed by atoms with Gasteiger partial charge in [0.15, 0.2) is 0 Å². The van der Waals surface area contributed by atoms with Crippen molar-refractivity contribution in [2.45, 2.75) is 20.3 Å². The first-order valence-electron chi connectivity index (χ1n) is 6.67. The Hall–Kier alpha value is -0.120. The number of hydrogen-bond donors (Lipinski definition) is 2. The molecule has 1 heterocycles. The van der Waals surface area contributed by atoms with Crippen LogP contribution >= 0.6 is 0 Å². The van der Waals surface area contributed by atoms with Crippen molar-refractivity contribution in [1.82, 2.24) is 15.5 Å². The molecule has 0 aromatic carbocycles. The lowest BCUT2D eigenvalue weighted by Gasteiger charge is -2.22. The monoisotopic (exact) mass is 227 g/mol. The van der Waals surface area contributed by atoms with E-state index >= 15 is 0 Å². The average Bonchev–Trinajstić information content (AvgIpc) is 2.63. The molecule has 3 nitrogen and oxygen atoms in total. The second-order valence-electron chi connectivity index (χ2n) is 5.64.